The van der Waals surface area contributed by atoms with Crippen molar-refractivity contribution >= 4 is 38.4 Å². The van der Waals surface area contributed by atoms with Crippen LogP contribution in [0.3, 0.4) is 0 Å². The lowest BCUT2D eigenvalue weighted by molar-refractivity contribution is 0.381. The molecule has 7 aromatic carbocycles. The highest BCUT2D eigenvalue weighted by Crippen LogP contribution is 2.44. The Bertz CT molecular complexity index is 3160. The van der Waals surface area contributed by atoms with Crippen LogP contribution in [0.15, 0.2) is 133 Å². The second kappa shape index (κ2) is 13.8. The van der Waals surface area contributed by atoms with Crippen LogP contribution >= 0.6 is 0 Å². The van der Waals surface area contributed by atoms with E-state index in [1.807, 2.05) is 72.8 Å². The monoisotopic (exact) mass is 751 g/mol. The molecule has 0 saturated carbocycles. The Morgan fingerprint density at radius 1 is 0.491 bits per heavy atom. The van der Waals surface area contributed by atoms with Crippen molar-refractivity contribution in [2.24, 2.45) is 0 Å². The normalized spacial score (nSPS) is 11.2. The fourth-order valence-electron chi connectivity index (χ4n) is 7.17. The van der Waals surface area contributed by atoms with Crippen molar-refractivity contribution in [3.63, 3.8) is 0 Å². The van der Waals surface area contributed by atoms with Gasteiger partial charge in [0.2, 0.25) is 5.82 Å². The highest BCUT2D eigenvalue weighted by molar-refractivity contribution is 6.24. The first-order valence-corrected chi connectivity index (χ1v) is 17.5. The second-order valence-electron chi connectivity index (χ2n) is 13.2. The standard InChI is InChI=1S/C47H22F5N5/c1-54-31-20-18-28(19-21-31)44-45(27-16-14-25(24-53)15-17-27)57-47-37-32-12-5-6-13-35(32)55-43(34(37)23-33(46(47)56-44)26-8-3-2-4-9-26)30-11-7-10-29(22-30)36-38(48)40(50)42(52)41(51)39(36)49/h2-23H. The molecule has 57 heavy (non-hydrogen) atoms. The predicted octanol–water partition coefficient (Wildman–Crippen LogP) is 12.8. The highest BCUT2D eigenvalue weighted by atomic mass is 19.2. The van der Waals surface area contributed by atoms with E-state index in [9.17, 15) is 18.4 Å². The van der Waals surface area contributed by atoms with Gasteiger partial charge < -0.3 is 0 Å². The van der Waals surface area contributed by atoms with E-state index >= 15 is 8.78 Å². The summed E-state index contributed by atoms with van der Waals surface area (Å²) < 4.78 is 73.1. The molecule has 0 amide bonds. The molecule has 2 heterocycles. The van der Waals surface area contributed by atoms with E-state index in [2.05, 4.69) is 10.9 Å². The summed E-state index contributed by atoms with van der Waals surface area (Å²) in [5.41, 5.74) is 5.87. The number of nitrogens with zero attached hydrogens (tertiary/aromatic N) is 5. The molecule has 0 saturated heterocycles. The van der Waals surface area contributed by atoms with Gasteiger partial charge in [-0.2, -0.15) is 5.26 Å². The summed E-state index contributed by atoms with van der Waals surface area (Å²) in [5, 5.41) is 11.5. The molecule has 0 aliphatic rings. The molecule has 0 aliphatic carbocycles. The van der Waals surface area contributed by atoms with Crippen LogP contribution in [-0.2, 0) is 0 Å². The third kappa shape index (κ3) is 5.79. The molecular formula is C47H22F5N5. The Morgan fingerprint density at radius 3 is 1.74 bits per heavy atom. The Balaban J connectivity index is 1.42. The van der Waals surface area contributed by atoms with Gasteiger partial charge in [-0.1, -0.05) is 103 Å². The van der Waals surface area contributed by atoms with Crippen LogP contribution in [0.4, 0.5) is 27.6 Å². The predicted molar refractivity (Wildman–Crippen MR) is 210 cm³/mol. The fraction of sp³-hybridized carbons (Fsp3) is 0. The smallest absolute Gasteiger partial charge is 0.200 e. The summed E-state index contributed by atoms with van der Waals surface area (Å²) in [6.07, 6.45) is 0. The Hall–Kier alpha value is -7.82. The molecule has 5 nitrogen and oxygen atoms in total. The van der Waals surface area contributed by atoms with Gasteiger partial charge in [0.1, 0.15) is 0 Å². The molecule has 0 atom stereocenters. The van der Waals surface area contributed by atoms with Gasteiger partial charge in [0.05, 0.1) is 57.4 Å². The lowest BCUT2D eigenvalue weighted by Gasteiger charge is -2.18. The van der Waals surface area contributed by atoms with Gasteiger partial charge in [0, 0.05) is 32.8 Å². The lowest BCUT2D eigenvalue weighted by atomic mass is 9.92. The second-order valence-corrected chi connectivity index (χ2v) is 13.2. The number of aromatic nitrogens is 3. The molecule has 0 spiro atoms. The SMILES string of the molecule is [C-]#[N+]c1ccc(-c2nc3c(-c4ccccc4)cc4c(-c5cccc(-c6c(F)c(F)c(F)c(F)c6F)c5)nc5ccccc5c4c3nc2-c2ccc(C#N)cc2)cc1. The maximum absolute atomic E-state index is 15.1. The van der Waals surface area contributed by atoms with E-state index in [4.69, 9.17) is 21.5 Å². The molecule has 9 rings (SSSR count). The number of benzene rings is 7. The van der Waals surface area contributed by atoms with E-state index in [0.29, 0.717) is 77.9 Å². The first-order chi connectivity index (χ1) is 27.7. The van der Waals surface area contributed by atoms with E-state index in [0.717, 1.165) is 10.9 Å². The molecule has 10 heteroatoms. The van der Waals surface area contributed by atoms with Crippen LogP contribution in [0.2, 0.25) is 0 Å². The Labute approximate surface area is 321 Å². The zero-order valence-corrected chi connectivity index (χ0v) is 29.3. The maximum Gasteiger partial charge on any atom is 0.200 e. The van der Waals surface area contributed by atoms with Gasteiger partial charge in [-0.3, -0.25) is 0 Å². The van der Waals surface area contributed by atoms with Gasteiger partial charge in [-0.25, -0.2) is 41.7 Å². The quantitative estimate of drug-likeness (QED) is 0.0577. The zero-order valence-electron chi connectivity index (χ0n) is 29.3. The summed E-state index contributed by atoms with van der Waals surface area (Å²) in [7, 11) is 0. The summed E-state index contributed by atoms with van der Waals surface area (Å²) in [6.45, 7) is 7.47. The van der Waals surface area contributed by atoms with Crippen molar-refractivity contribution in [2.45, 2.75) is 0 Å². The number of fused-ring (bicyclic) bond motifs is 5. The summed E-state index contributed by atoms with van der Waals surface area (Å²) >= 11 is 0. The molecule has 0 bridgehead atoms. The first-order valence-electron chi connectivity index (χ1n) is 17.5. The number of hydrogen-bond donors (Lipinski definition) is 0. The van der Waals surface area contributed by atoms with Gasteiger partial charge >= 0.3 is 0 Å². The zero-order chi connectivity index (χ0) is 39.4. The maximum atomic E-state index is 15.1. The van der Waals surface area contributed by atoms with Crippen LogP contribution in [0.25, 0.3) is 93.6 Å². The number of rotatable bonds is 5. The minimum absolute atomic E-state index is 0.232. The summed E-state index contributed by atoms with van der Waals surface area (Å²) in [4.78, 5) is 19.3. The van der Waals surface area contributed by atoms with Crippen LogP contribution in [0.5, 0.6) is 0 Å². The van der Waals surface area contributed by atoms with E-state index in [-0.39, 0.29) is 5.56 Å². The Kier molecular flexibility index (Phi) is 8.45. The van der Waals surface area contributed by atoms with Gasteiger partial charge in [-0.05, 0) is 47.0 Å². The van der Waals surface area contributed by atoms with Crippen molar-refractivity contribution in [3.8, 4) is 62.1 Å². The van der Waals surface area contributed by atoms with Crippen molar-refractivity contribution < 1.29 is 22.0 Å². The van der Waals surface area contributed by atoms with Gasteiger partial charge in [0.25, 0.3) is 0 Å². The van der Waals surface area contributed by atoms with Crippen LogP contribution < -0.4 is 0 Å². The van der Waals surface area contributed by atoms with E-state index in [1.54, 1.807) is 42.5 Å². The topological polar surface area (TPSA) is 66.8 Å². The summed E-state index contributed by atoms with van der Waals surface area (Å²) in [5.74, 6) is -10.2. The van der Waals surface area contributed by atoms with E-state index < -0.39 is 34.6 Å². The molecule has 0 aliphatic heterocycles. The molecule has 0 radical (unpaired) electrons. The van der Waals surface area contributed by atoms with Crippen molar-refractivity contribution in [1.82, 2.24) is 15.0 Å². The molecular weight excluding hydrogens is 730 g/mol. The lowest BCUT2D eigenvalue weighted by Crippen LogP contribution is -2.04. The number of para-hydroxylation sites is 1. The van der Waals surface area contributed by atoms with Crippen molar-refractivity contribution in [2.75, 3.05) is 0 Å². The highest BCUT2D eigenvalue weighted by Gasteiger charge is 2.27. The third-order valence-corrected chi connectivity index (χ3v) is 9.88. The average Bonchev–Trinajstić information content (AvgIpc) is 3.27. The number of hydrogen-bond acceptors (Lipinski definition) is 4. The largest absolute Gasteiger partial charge is 0.247 e. The number of halogens is 5. The summed E-state index contributed by atoms with van der Waals surface area (Å²) in [6, 6.07) is 40.8. The van der Waals surface area contributed by atoms with Gasteiger partial charge in [0.15, 0.2) is 29.0 Å². The van der Waals surface area contributed by atoms with Crippen LogP contribution in [0, 0.1) is 47.0 Å². The first kappa shape index (κ1) is 34.9. The number of pyridine rings is 1. The molecule has 9 aromatic rings. The molecule has 0 N–H and O–H groups in total. The van der Waals surface area contributed by atoms with Crippen molar-refractivity contribution in [1.29, 1.82) is 5.26 Å². The number of nitriles is 1. The third-order valence-electron chi connectivity index (χ3n) is 9.88. The minimum Gasteiger partial charge on any atom is -0.247 e. The van der Waals surface area contributed by atoms with Crippen molar-refractivity contribution in [3.05, 3.63) is 180 Å². The molecule has 2 aromatic heterocycles. The molecule has 270 valence electrons. The molecule has 0 fully saturated rings. The van der Waals surface area contributed by atoms with Crippen LogP contribution in [0.1, 0.15) is 5.56 Å². The van der Waals surface area contributed by atoms with Gasteiger partial charge in [-0.15, -0.1) is 0 Å². The minimum atomic E-state index is -2.24. The van der Waals surface area contributed by atoms with Crippen LogP contribution in [-0.4, -0.2) is 15.0 Å². The Morgan fingerprint density at radius 2 is 1.07 bits per heavy atom. The molecule has 0 unspecified atom stereocenters. The average molecular weight is 752 g/mol. The van der Waals surface area contributed by atoms with E-state index in [1.165, 1.54) is 18.2 Å². The fourth-order valence-corrected chi connectivity index (χ4v) is 7.17.